The van der Waals surface area contributed by atoms with Crippen molar-refractivity contribution in [3.05, 3.63) is 51.7 Å². The number of hydrogen-bond donors (Lipinski definition) is 1. The van der Waals surface area contributed by atoms with Gasteiger partial charge in [0.15, 0.2) is 5.96 Å². The zero-order valence-corrected chi connectivity index (χ0v) is 15.9. The third kappa shape index (κ3) is 5.79. The molecule has 0 radical (unpaired) electrons. The number of aryl methyl sites for hydroxylation is 1. The normalized spacial score (nSPS) is 11.6. The molecule has 4 nitrogen and oxygen atoms in total. The van der Waals surface area contributed by atoms with Crippen molar-refractivity contribution < 1.29 is 4.39 Å². The molecule has 0 amide bonds. The van der Waals surface area contributed by atoms with E-state index in [0.717, 1.165) is 41.1 Å². The van der Waals surface area contributed by atoms with E-state index < -0.39 is 0 Å². The van der Waals surface area contributed by atoms with E-state index in [9.17, 15) is 4.39 Å². The number of hydrogen-bond acceptors (Lipinski definition) is 4. The topological polar surface area (TPSA) is 40.5 Å². The Morgan fingerprint density at radius 3 is 2.88 bits per heavy atom. The van der Waals surface area contributed by atoms with Crippen LogP contribution in [0.15, 0.2) is 34.6 Å². The molecule has 1 heterocycles. The van der Waals surface area contributed by atoms with Crippen LogP contribution in [-0.4, -0.2) is 42.2 Å². The van der Waals surface area contributed by atoms with Crippen LogP contribution in [0, 0.1) is 12.7 Å². The van der Waals surface area contributed by atoms with Crippen molar-refractivity contribution in [1.29, 1.82) is 0 Å². The number of thiazole rings is 1. The van der Waals surface area contributed by atoms with Gasteiger partial charge in [-0.25, -0.2) is 9.37 Å². The standard InChI is InChI=1S/C17H23FN4S2/c1-13-21-15(12-24-13)10-22(3)17(19-2)20-8-9-23-11-14-6-4-5-7-16(14)18/h4-7,12H,8-11H2,1-3H3,(H,19,20). The number of nitrogens with one attached hydrogen (secondary N) is 1. The first-order valence-electron chi connectivity index (χ1n) is 7.74. The number of rotatable bonds is 7. The summed E-state index contributed by atoms with van der Waals surface area (Å²) in [5, 5.41) is 6.48. The molecule has 7 heteroatoms. The molecule has 0 saturated carbocycles. The molecule has 1 N–H and O–H groups in total. The summed E-state index contributed by atoms with van der Waals surface area (Å²) in [6, 6.07) is 6.92. The van der Waals surface area contributed by atoms with E-state index in [1.54, 1.807) is 36.2 Å². The summed E-state index contributed by atoms with van der Waals surface area (Å²) in [4.78, 5) is 10.8. The van der Waals surface area contributed by atoms with E-state index in [-0.39, 0.29) is 5.82 Å². The van der Waals surface area contributed by atoms with Crippen LogP contribution in [0.3, 0.4) is 0 Å². The van der Waals surface area contributed by atoms with E-state index in [1.165, 1.54) is 6.07 Å². The molecular formula is C17H23FN4S2. The highest BCUT2D eigenvalue weighted by Gasteiger charge is 2.08. The molecule has 0 fully saturated rings. The largest absolute Gasteiger partial charge is 0.355 e. The van der Waals surface area contributed by atoms with Crippen LogP contribution in [0.1, 0.15) is 16.3 Å². The number of nitrogens with zero attached hydrogens (tertiary/aromatic N) is 3. The maximum absolute atomic E-state index is 13.5. The molecule has 130 valence electrons. The summed E-state index contributed by atoms with van der Waals surface area (Å²) in [7, 11) is 3.77. The molecule has 0 aliphatic carbocycles. The fourth-order valence-electron chi connectivity index (χ4n) is 2.22. The molecule has 0 saturated heterocycles. The van der Waals surface area contributed by atoms with Crippen LogP contribution in [0.25, 0.3) is 0 Å². The Kier molecular flexibility index (Phi) is 7.52. The van der Waals surface area contributed by atoms with Gasteiger partial charge in [-0.2, -0.15) is 11.8 Å². The highest BCUT2D eigenvalue weighted by atomic mass is 32.2. The maximum atomic E-state index is 13.5. The Bertz CT molecular complexity index is 672. The van der Waals surface area contributed by atoms with Crippen molar-refractivity contribution >= 4 is 29.1 Å². The number of halogens is 1. The molecule has 24 heavy (non-hydrogen) atoms. The fourth-order valence-corrected chi connectivity index (χ4v) is 3.66. The van der Waals surface area contributed by atoms with Crippen LogP contribution < -0.4 is 5.32 Å². The number of aromatic nitrogens is 1. The van der Waals surface area contributed by atoms with Gasteiger partial charge < -0.3 is 10.2 Å². The van der Waals surface area contributed by atoms with Crippen molar-refractivity contribution in [2.24, 2.45) is 4.99 Å². The Balaban J connectivity index is 1.70. The van der Waals surface area contributed by atoms with Gasteiger partial charge in [-0.15, -0.1) is 11.3 Å². The van der Waals surface area contributed by atoms with Gasteiger partial charge in [-0.3, -0.25) is 4.99 Å². The van der Waals surface area contributed by atoms with Crippen LogP contribution in [0.4, 0.5) is 4.39 Å². The van der Waals surface area contributed by atoms with E-state index in [2.05, 4.69) is 25.6 Å². The predicted octanol–water partition coefficient (Wildman–Crippen LogP) is 3.53. The summed E-state index contributed by atoms with van der Waals surface area (Å²) in [5.74, 6) is 2.27. The van der Waals surface area contributed by atoms with Gasteiger partial charge in [0.05, 0.1) is 17.2 Å². The molecule has 2 rings (SSSR count). The molecule has 0 spiro atoms. The van der Waals surface area contributed by atoms with Gasteiger partial charge in [0.25, 0.3) is 0 Å². The molecular weight excluding hydrogens is 343 g/mol. The average Bonchev–Trinajstić information content (AvgIpc) is 2.97. The van der Waals surface area contributed by atoms with Crippen molar-refractivity contribution in [2.75, 3.05) is 26.4 Å². The van der Waals surface area contributed by atoms with Crippen LogP contribution in [0.5, 0.6) is 0 Å². The van der Waals surface area contributed by atoms with Gasteiger partial charge in [0.2, 0.25) is 0 Å². The molecule has 1 aromatic heterocycles. The first-order valence-corrected chi connectivity index (χ1v) is 9.77. The minimum absolute atomic E-state index is 0.132. The lowest BCUT2D eigenvalue weighted by Gasteiger charge is -2.21. The predicted molar refractivity (Wildman–Crippen MR) is 102 cm³/mol. The third-order valence-electron chi connectivity index (χ3n) is 3.38. The van der Waals surface area contributed by atoms with Crippen LogP contribution in [-0.2, 0) is 12.3 Å². The Labute approximate surface area is 151 Å². The fraction of sp³-hybridized carbons (Fsp3) is 0.412. The maximum Gasteiger partial charge on any atom is 0.193 e. The second-order valence-electron chi connectivity index (χ2n) is 5.33. The van der Waals surface area contributed by atoms with Gasteiger partial charge in [-0.05, 0) is 18.6 Å². The lowest BCUT2D eigenvalue weighted by Crippen LogP contribution is -2.39. The number of benzene rings is 1. The smallest absolute Gasteiger partial charge is 0.193 e. The van der Waals surface area contributed by atoms with Gasteiger partial charge in [0, 0.05) is 37.5 Å². The number of thioether (sulfide) groups is 1. The molecule has 1 aromatic carbocycles. The highest BCUT2D eigenvalue weighted by Crippen LogP contribution is 2.14. The van der Waals surface area contributed by atoms with E-state index in [1.807, 2.05) is 26.1 Å². The minimum Gasteiger partial charge on any atom is -0.355 e. The van der Waals surface area contributed by atoms with Crippen molar-refractivity contribution in [3.8, 4) is 0 Å². The lowest BCUT2D eigenvalue weighted by atomic mass is 10.2. The minimum atomic E-state index is -0.132. The van der Waals surface area contributed by atoms with E-state index >= 15 is 0 Å². The van der Waals surface area contributed by atoms with Crippen LogP contribution >= 0.6 is 23.1 Å². The van der Waals surface area contributed by atoms with Crippen molar-refractivity contribution in [1.82, 2.24) is 15.2 Å². The van der Waals surface area contributed by atoms with Gasteiger partial charge >= 0.3 is 0 Å². The van der Waals surface area contributed by atoms with Gasteiger partial charge in [0.1, 0.15) is 5.82 Å². The first kappa shape index (κ1) is 18.7. The molecule has 0 bridgehead atoms. The highest BCUT2D eigenvalue weighted by molar-refractivity contribution is 7.98. The van der Waals surface area contributed by atoms with Crippen LogP contribution in [0.2, 0.25) is 0 Å². The number of aliphatic imine (C=N–C) groups is 1. The summed E-state index contributed by atoms with van der Waals surface area (Å²) < 4.78 is 13.5. The summed E-state index contributed by atoms with van der Waals surface area (Å²) >= 11 is 3.36. The Hall–Kier alpha value is -1.60. The van der Waals surface area contributed by atoms with Crippen molar-refractivity contribution in [2.45, 2.75) is 19.2 Å². The Morgan fingerprint density at radius 2 is 2.21 bits per heavy atom. The molecule has 0 atom stereocenters. The van der Waals surface area contributed by atoms with E-state index in [0.29, 0.717) is 5.75 Å². The zero-order chi connectivity index (χ0) is 17.4. The summed E-state index contributed by atoms with van der Waals surface area (Å²) in [6.45, 7) is 3.52. The third-order valence-corrected chi connectivity index (χ3v) is 5.21. The Morgan fingerprint density at radius 1 is 1.42 bits per heavy atom. The quantitative estimate of drug-likeness (QED) is 0.462. The second kappa shape index (κ2) is 9.64. The lowest BCUT2D eigenvalue weighted by molar-refractivity contribution is 0.473. The zero-order valence-electron chi connectivity index (χ0n) is 14.3. The van der Waals surface area contributed by atoms with Crippen molar-refractivity contribution in [3.63, 3.8) is 0 Å². The summed E-state index contributed by atoms with van der Waals surface area (Å²) in [5.41, 5.74) is 1.81. The average molecular weight is 367 g/mol. The molecule has 0 aliphatic rings. The second-order valence-corrected chi connectivity index (χ2v) is 7.50. The molecule has 0 unspecified atom stereocenters. The first-order chi connectivity index (χ1) is 11.6. The number of guanidine groups is 1. The summed E-state index contributed by atoms with van der Waals surface area (Å²) in [6.07, 6.45) is 0. The molecule has 2 aromatic rings. The van der Waals surface area contributed by atoms with E-state index in [4.69, 9.17) is 0 Å². The SMILES string of the molecule is CN=C(NCCSCc1ccccc1F)N(C)Cc1csc(C)n1. The molecule has 0 aliphatic heterocycles. The van der Waals surface area contributed by atoms with Gasteiger partial charge in [-0.1, -0.05) is 18.2 Å². The monoisotopic (exact) mass is 366 g/mol.